The highest BCUT2D eigenvalue weighted by atomic mass is 79.9. The monoisotopic (exact) mass is 812 g/mol. The Hall–Kier alpha value is -2.21. The van der Waals surface area contributed by atoms with Gasteiger partial charge in [-0.1, -0.05) is 68.7 Å². The molecule has 0 aliphatic carbocycles. The van der Waals surface area contributed by atoms with Gasteiger partial charge in [0.25, 0.3) is 5.56 Å². The second kappa shape index (κ2) is 13.2. The van der Waals surface area contributed by atoms with Gasteiger partial charge in [0, 0.05) is 20.1 Å². The molecule has 0 fully saturated rings. The molecule has 6 nitrogen and oxygen atoms in total. The molecule has 0 bridgehead atoms. The van der Waals surface area contributed by atoms with Crippen molar-refractivity contribution in [3.05, 3.63) is 126 Å². The molecule has 1 aliphatic rings. The minimum absolute atomic E-state index is 0.212. The number of rotatable bonds is 7. The van der Waals surface area contributed by atoms with Crippen molar-refractivity contribution in [2.45, 2.75) is 26.5 Å². The van der Waals surface area contributed by atoms with Crippen molar-refractivity contribution in [2.75, 3.05) is 6.61 Å². The van der Waals surface area contributed by atoms with Crippen LogP contribution in [0.3, 0.4) is 0 Å². The van der Waals surface area contributed by atoms with Gasteiger partial charge in [-0.25, -0.2) is 9.79 Å². The van der Waals surface area contributed by atoms with Crippen LogP contribution in [0.15, 0.2) is 89.1 Å². The number of halogens is 5. The number of fused-ring (bicyclic) bond motifs is 1. The predicted octanol–water partition coefficient (Wildman–Crippen LogP) is 7.97. The smallest absolute Gasteiger partial charge is 0.338 e. The fourth-order valence-electron chi connectivity index (χ4n) is 4.49. The lowest BCUT2D eigenvalue weighted by atomic mass is 9.96. The van der Waals surface area contributed by atoms with Gasteiger partial charge in [-0.05, 0) is 99.3 Å². The molecule has 0 amide bonds. The van der Waals surface area contributed by atoms with Gasteiger partial charge in [0.2, 0.25) is 0 Å². The summed E-state index contributed by atoms with van der Waals surface area (Å²) in [5.74, 6) is 0.0915. The van der Waals surface area contributed by atoms with E-state index in [0.717, 1.165) is 21.2 Å². The summed E-state index contributed by atoms with van der Waals surface area (Å²) in [4.78, 5) is 32.1. The molecule has 1 aliphatic heterocycles. The number of hydrogen-bond acceptors (Lipinski definition) is 6. The zero-order chi connectivity index (χ0) is 30.1. The zero-order valence-electron chi connectivity index (χ0n) is 22.1. The Balaban J connectivity index is 1.54. The molecular formula is C30H21Br3Cl2N2O4S. The van der Waals surface area contributed by atoms with Crippen molar-refractivity contribution in [1.82, 2.24) is 4.57 Å². The number of esters is 1. The van der Waals surface area contributed by atoms with E-state index in [4.69, 9.17) is 32.7 Å². The van der Waals surface area contributed by atoms with Crippen LogP contribution < -0.4 is 19.6 Å². The molecule has 4 aromatic rings. The van der Waals surface area contributed by atoms with Gasteiger partial charge >= 0.3 is 5.97 Å². The Kier molecular flexibility index (Phi) is 9.81. The Morgan fingerprint density at radius 1 is 1.07 bits per heavy atom. The third-order valence-corrected chi connectivity index (χ3v) is 9.68. The lowest BCUT2D eigenvalue weighted by Gasteiger charge is -2.24. The highest BCUT2D eigenvalue weighted by molar-refractivity contribution is 9.11. The maximum Gasteiger partial charge on any atom is 0.338 e. The first-order valence-corrected chi connectivity index (χ1v) is 16.5. The molecule has 42 heavy (non-hydrogen) atoms. The first-order valence-electron chi connectivity index (χ1n) is 12.6. The highest BCUT2D eigenvalue weighted by Gasteiger charge is 2.33. The molecule has 0 saturated heterocycles. The average Bonchev–Trinajstić information content (AvgIpc) is 3.23. The number of nitrogens with zero attached hydrogens (tertiary/aromatic N) is 2. The Bertz CT molecular complexity index is 1900. The summed E-state index contributed by atoms with van der Waals surface area (Å²) >= 11 is 24.2. The first kappa shape index (κ1) is 31.2. The van der Waals surface area contributed by atoms with E-state index in [1.54, 1.807) is 36.6 Å². The molecule has 3 aromatic carbocycles. The molecule has 5 rings (SSSR count). The van der Waals surface area contributed by atoms with Crippen LogP contribution in [0, 0.1) is 0 Å². The van der Waals surface area contributed by atoms with Gasteiger partial charge in [-0.15, -0.1) is 0 Å². The van der Waals surface area contributed by atoms with Crippen LogP contribution in [0.4, 0.5) is 0 Å². The van der Waals surface area contributed by atoms with Crippen molar-refractivity contribution in [2.24, 2.45) is 4.99 Å². The van der Waals surface area contributed by atoms with E-state index in [0.29, 0.717) is 45.3 Å². The summed E-state index contributed by atoms with van der Waals surface area (Å²) in [6, 6.07) is 15.8. The summed E-state index contributed by atoms with van der Waals surface area (Å²) in [6.45, 7) is 3.96. The fourth-order valence-corrected chi connectivity index (χ4v) is 7.72. The molecule has 12 heteroatoms. The third-order valence-electron chi connectivity index (χ3n) is 6.41. The Labute approximate surface area is 280 Å². The van der Waals surface area contributed by atoms with Crippen LogP contribution in [0.5, 0.6) is 5.75 Å². The summed E-state index contributed by atoms with van der Waals surface area (Å²) in [5, 5.41) is 1.07. The fraction of sp³-hybridized carbons (Fsp3) is 0.167. The van der Waals surface area contributed by atoms with Gasteiger partial charge in [-0.3, -0.25) is 9.36 Å². The van der Waals surface area contributed by atoms with Crippen molar-refractivity contribution >= 4 is 94.4 Å². The van der Waals surface area contributed by atoms with Gasteiger partial charge in [0.15, 0.2) is 4.80 Å². The van der Waals surface area contributed by atoms with Gasteiger partial charge < -0.3 is 9.47 Å². The Morgan fingerprint density at radius 2 is 1.76 bits per heavy atom. The molecule has 0 saturated carbocycles. The number of benzene rings is 3. The van der Waals surface area contributed by atoms with Gasteiger partial charge in [-0.2, -0.15) is 0 Å². The Morgan fingerprint density at radius 3 is 2.40 bits per heavy atom. The van der Waals surface area contributed by atoms with Crippen molar-refractivity contribution in [3.63, 3.8) is 0 Å². The minimum atomic E-state index is -0.676. The molecule has 0 unspecified atom stereocenters. The largest absolute Gasteiger partial charge is 0.486 e. The van der Waals surface area contributed by atoms with E-state index in [2.05, 4.69) is 52.8 Å². The number of allylic oxidation sites excluding steroid dienone is 1. The van der Waals surface area contributed by atoms with Crippen LogP contribution >= 0.6 is 82.3 Å². The van der Waals surface area contributed by atoms with Crippen LogP contribution in [-0.2, 0) is 16.1 Å². The molecule has 2 heterocycles. The van der Waals surface area contributed by atoms with Crippen molar-refractivity contribution < 1.29 is 14.3 Å². The molecule has 216 valence electrons. The van der Waals surface area contributed by atoms with Gasteiger partial charge in [0.05, 0.1) is 37.4 Å². The average molecular weight is 816 g/mol. The van der Waals surface area contributed by atoms with Crippen molar-refractivity contribution in [1.29, 1.82) is 0 Å². The van der Waals surface area contributed by atoms with E-state index in [1.807, 2.05) is 42.5 Å². The lowest BCUT2D eigenvalue weighted by molar-refractivity contribution is -0.139. The molecule has 1 aromatic heterocycles. The number of carbonyl (C=O) groups is 1. The molecule has 0 radical (unpaired) electrons. The van der Waals surface area contributed by atoms with Crippen molar-refractivity contribution in [3.8, 4) is 5.75 Å². The number of carbonyl (C=O) groups excluding carboxylic acids is 1. The molecule has 0 N–H and O–H groups in total. The summed E-state index contributed by atoms with van der Waals surface area (Å²) in [5.41, 5.74) is 2.93. The topological polar surface area (TPSA) is 69.9 Å². The second-order valence-corrected chi connectivity index (χ2v) is 13.7. The number of ether oxygens (including phenoxy) is 2. The maximum absolute atomic E-state index is 13.9. The van der Waals surface area contributed by atoms with E-state index >= 15 is 0 Å². The summed E-state index contributed by atoms with van der Waals surface area (Å²) in [6.07, 6.45) is 1.79. The quantitative estimate of drug-likeness (QED) is 0.178. The van der Waals surface area contributed by atoms with E-state index < -0.39 is 12.0 Å². The third kappa shape index (κ3) is 6.49. The first-order chi connectivity index (χ1) is 20.1. The number of aromatic nitrogens is 1. The minimum Gasteiger partial charge on any atom is -0.486 e. The normalized spacial score (nSPS) is 14.9. The van der Waals surface area contributed by atoms with Crippen LogP contribution in [0.2, 0.25) is 10.0 Å². The van der Waals surface area contributed by atoms with Crippen LogP contribution in [-0.4, -0.2) is 17.1 Å². The number of thiazole rings is 1. The number of hydrogen-bond donors (Lipinski definition) is 0. The zero-order valence-corrected chi connectivity index (χ0v) is 29.2. The van der Waals surface area contributed by atoms with Crippen LogP contribution in [0.1, 0.15) is 36.6 Å². The maximum atomic E-state index is 13.9. The summed E-state index contributed by atoms with van der Waals surface area (Å²) < 4.78 is 15.7. The standard InChI is InChI=1S/C30H21Br3Cl2N2O4S/c1-3-40-29(39)25-15(2)36-30-37(26(25)17-4-7-19(31)8-5-17)28(38)24(42-30)12-16-10-21(32)27(22(33)11-16)41-14-18-6-9-20(34)13-23(18)35/h4-13,26H,3,14H2,1-2H3/b24-12-/t26-/m0/s1. The lowest BCUT2D eigenvalue weighted by Crippen LogP contribution is -2.39. The highest BCUT2D eigenvalue weighted by Crippen LogP contribution is 2.36. The van der Waals surface area contributed by atoms with E-state index in [-0.39, 0.29) is 18.8 Å². The van der Waals surface area contributed by atoms with Crippen LogP contribution in [0.25, 0.3) is 6.08 Å². The molecule has 1 atom stereocenters. The predicted molar refractivity (Wildman–Crippen MR) is 177 cm³/mol. The summed E-state index contributed by atoms with van der Waals surface area (Å²) in [7, 11) is 0. The van der Waals surface area contributed by atoms with Gasteiger partial charge in [0.1, 0.15) is 12.4 Å². The molecule has 0 spiro atoms. The second-order valence-electron chi connectivity index (χ2n) is 9.19. The van der Waals surface area contributed by atoms with E-state index in [9.17, 15) is 9.59 Å². The van der Waals surface area contributed by atoms with E-state index in [1.165, 1.54) is 11.3 Å². The SMILES string of the molecule is CCOC(=O)C1=C(C)N=c2s/c(=C\c3cc(Br)c(OCc4ccc(Cl)cc4Cl)c(Br)c3)c(=O)n2[C@H]1c1ccc(Br)cc1. The molecular weight excluding hydrogens is 795 g/mol.